The number of urea groups is 1. The highest BCUT2D eigenvalue weighted by Crippen LogP contribution is 2.15. The van der Waals surface area contributed by atoms with Crippen molar-refractivity contribution in [3.05, 3.63) is 77.9 Å². The van der Waals surface area contributed by atoms with Gasteiger partial charge in [0.25, 0.3) is 5.91 Å². The lowest BCUT2D eigenvalue weighted by Gasteiger charge is -2.15. The summed E-state index contributed by atoms with van der Waals surface area (Å²) in [5.41, 5.74) is 1.66. The first kappa shape index (κ1) is 19.6. The van der Waals surface area contributed by atoms with Gasteiger partial charge in [-0.25, -0.2) is 9.78 Å². The number of rotatable bonds is 6. The molecule has 0 saturated carbocycles. The fourth-order valence-electron chi connectivity index (χ4n) is 2.60. The maximum absolute atomic E-state index is 12.5. The van der Waals surface area contributed by atoms with Crippen molar-refractivity contribution in [3.8, 4) is 6.07 Å². The molecule has 1 unspecified atom stereocenters. The highest BCUT2D eigenvalue weighted by molar-refractivity contribution is 6.05. The first-order valence-electron chi connectivity index (χ1n) is 8.68. The van der Waals surface area contributed by atoms with Crippen LogP contribution in [-0.2, 0) is 0 Å². The fourth-order valence-corrected chi connectivity index (χ4v) is 2.60. The van der Waals surface area contributed by atoms with E-state index in [0.29, 0.717) is 28.3 Å². The molecule has 3 aromatic rings. The largest absolute Gasteiger partial charge is 0.394 e. The summed E-state index contributed by atoms with van der Waals surface area (Å²) in [5.74, 6) is 0.0448. The third-order valence-corrected chi connectivity index (χ3v) is 3.97. The van der Waals surface area contributed by atoms with Crippen molar-refractivity contribution in [1.29, 1.82) is 5.26 Å². The summed E-state index contributed by atoms with van der Waals surface area (Å²) in [4.78, 5) is 31.5. The number of carbonyl (C=O) groups excluding carboxylic acids is 2. The van der Waals surface area contributed by atoms with Crippen LogP contribution in [0.15, 0.2) is 60.9 Å². The molecule has 0 radical (unpaired) electrons. The molecule has 1 heterocycles. The third kappa shape index (κ3) is 5.18. The maximum Gasteiger partial charge on any atom is 0.319 e. The van der Waals surface area contributed by atoms with E-state index in [4.69, 9.17) is 5.26 Å². The molecule has 146 valence electrons. The Kier molecular flexibility index (Phi) is 6.19. The summed E-state index contributed by atoms with van der Waals surface area (Å²) >= 11 is 0. The first-order valence-corrected chi connectivity index (χ1v) is 8.68. The molecular formula is C20H18N6O3. The van der Waals surface area contributed by atoms with Crippen molar-refractivity contribution in [2.45, 2.75) is 6.04 Å². The molecule has 29 heavy (non-hydrogen) atoms. The highest BCUT2D eigenvalue weighted by atomic mass is 16.3. The number of hydrogen-bond donors (Lipinski definition) is 5. The number of imidazole rings is 1. The highest BCUT2D eigenvalue weighted by Gasteiger charge is 2.16. The third-order valence-electron chi connectivity index (χ3n) is 3.97. The minimum absolute atomic E-state index is 0.328. The van der Waals surface area contributed by atoms with Gasteiger partial charge in [-0.1, -0.05) is 12.1 Å². The van der Waals surface area contributed by atoms with Crippen molar-refractivity contribution in [2.24, 2.45) is 0 Å². The lowest BCUT2D eigenvalue weighted by molar-refractivity contribution is 0.102. The molecule has 3 rings (SSSR count). The Morgan fingerprint density at radius 1 is 1.14 bits per heavy atom. The van der Waals surface area contributed by atoms with E-state index in [-0.39, 0.29) is 12.5 Å². The van der Waals surface area contributed by atoms with Gasteiger partial charge in [0.2, 0.25) is 0 Å². The average molecular weight is 390 g/mol. The summed E-state index contributed by atoms with van der Waals surface area (Å²) in [5, 5.41) is 26.3. The molecule has 9 heteroatoms. The topological polar surface area (TPSA) is 143 Å². The number of amides is 3. The summed E-state index contributed by atoms with van der Waals surface area (Å²) in [6.07, 6.45) is 3.11. The lowest BCUT2D eigenvalue weighted by Crippen LogP contribution is -2.35. The molecule has 9 nitrogen and oxygen atoms in total. The number of nitrogens with one attached hydrogen (secondary N) is 4. The SMILES string of the molecule is N#Cc1cccc(NC(=O)c2cccc(NC(=O)NC(CO)c3ncc[nH]3)c2)c1. The smallest absolute Gasteiger partial charge is 0.319 e. The van der Waals surface area contributed by atoms with E-state index in [0.717, 1.165) is 0 Å². The quantitative estimate of drug-likeness (QED) is 0.439. The molecule has 1 aromatic heterocycles. The second kappa shape index (κ2) is 9.16. The van der Waals surface area contributed by atoms with Crippen molar-refractivity contribution < 1.29 is 14.7 Å². The number of anilines is 2. The van der Waals surface area contributed by atoms with Gasteiger partial charge >= 0.3 is 6.03 Å². The number of nitrogens with zero attached hydrogens (tertiary/aromatic N) is 2. The molecule has 0 saturated heterocycles. The lowest BCUT2D eigenvalue weighted by atomic mass is 10.1. The number of benzene rings is 2. The van der Waals surface area contributed by atoms with Gasteiger partial charge in [0.15, 0.2) is 0 Å². The van der Waals surface area contributed by atoms with Crippen LogP contribution in [-0.4, -0.2) is 33.6 Å². The Balaban J connectivity index is 1.65. The molecule has 0 bridgehead atoms. The van der Waals surface area contributed by atoms with Crippen molar-refractivity contribution >= 4 is 23.3 Å². The summed E-state index contributed by atoms with van der Waals surface area (Å²) in [7, 11) is 0. The van der Waals surface area contributed by atoms with E-state index in [1.54, 1.807) is 48.7 Å². The molecule has 2 aromatic carbocycles. The molecule has 0 aliphatic heterocycles. The molecular weight excluding hydrogens is 372 g/mol. The van der Waals surface area contributed by atoms with Crippen LogP contribution < -0.4 is 16.0 Å². The Bertz CT molecular complexity index is 1040. The van der Waals surface area contributed by atoms with Crippen molar-refractivity contribution in [3.63, 3.8) is 0 Å². The van der Waals surface area contributed by atoms with Crippen LogP contribution in [0, 0.1) is 11.3 Å². The van der Waals surface area contributed by atoms with Gasteiger partial charge in [-0.3, -0.25) is 4.79 Å². The zero-order valence-corrected chi connectivity index (χ0v) is 15.2. The Morgan fingerprint density at radius 3 is 2.59 bits per heavy atom. The molecule has 1 atom stereocenters. The Morgan fingerprint density at radius 2 is 1.90 bits per heavy atom. The number of aromatic nitrogens is 2. The number of hydrogen-bond acceptors (Lipinski definition) is 5. The summed E-state index contributed by atoms with van der Waals surface area (Å²) < 4.78 is 0. The van der Waals surface area contributed by atoms with E-state index in [1.165, 1.54) is 12.3 Å². The zero-order chi connectivity index (χ0) is 20.6. The van der Waals surface area contributed by atoms with Gasteiger partial charge in [-0.05, 0) is 36.4 Å². The van der Waals surface area contributed by atoms with Gasteiger partial charge in [-0.15, -0.1) is 0 Å². The van der Waals surface area contributed by atoms with Crippen molar-refractivity contribution in [2.75, 3.05) is 17.2 Å². The molecule has 0 fully saturated rings. The van der Waals surface area contributed by atoms with E-state index in [1.807, 2.05) is 6.07 Å². The van der Waals surface area contributed by atoms with Crippen molar-refractivity contribution in [1.82, 2.24) is 15.3 Å². The van der Waals surface area contributed by atoms with E-state index < -0.39 is 12.1 Å². The van der Waals surface area contributed by atoms with Crippen LogP contribution >= 0.6 is 0 Å². The number of nitriles is 1. The van der Waals surface area contributed by atoms with Gasteiger partial charge in [0.05, 0.1) is 18.2 Å². The van der Waals surface area contributed by atoms with Crippen LogP contribution in [0.1, 0.15) is 27.8 Å². The minimum atomic E-state index is -0.691. The standard InChI is InChI=1S/C20H18N6O3/c21-11-13-3-1-5-15(9-13)24-19(28)14-4-2-6-16(10-14)25-20(29)26-17(12-27)18-22-7-8-23-18/h1-10,17,27H,12H2,(H,22,23)(H,24,28)(H2,25,26,29). The molecule has 0 aliphatic carbocycles. The molecule has 0 spiro atoms. The number of aliphatic hydroxyl groups excluding tert-OH is 1. The van der Waals surface area contributed by atoms with Crippen LogP contribution in [0.2, 0.25) is 0 Å². The summed E-state index contributed by atoms with van der Waals surface area (Å²) in [6.45, 7) is -0.328. The van der Waals surface area contributed by atoms with E-state index in [2.05, 4.69) is 25.9 Å². The predicted molar refractivity (Wildman–Crippen MR) is 106 cm³/mol. The Hall–Kier alpha value is -4.16. The fraction of sp³-hybridized carbons (Fsp3) is 0.100. The molecule has 5 N–H and O–H groups in total. The van der Waals surface area contributed by atoms with Crippen LogP contribution in [0.25, 0.3) is 0 Å². The zero-order valence-electron chi connectivity index (χ0n) is 15.2. The number of aliphatic hydroxyl groups is 1. The molecule has 0 aliphatic rings. The second-order valence-corrected chi connectivity index (χ2v) is 6.04. The monoisotopic (exact) mass is 390 g/mol. The van der Waals surface area contributed by atoms with E-state index >= 15 is 0 Å². The number of carbonyl (C=O) groups is 2. The maximum atomic E-state index is 12.5. The normalized spacial score (nSPS) is 11.2. The average Bonchev–Trinajstić information content (AvgIpc) is 3.27. The predicted octanol–water partition coefficient (Wildman–Crippen LogP) is 2.39. The second-order valence-electron chi connectivity index (χ2n) is 6.04. The molecule has 3 amide bonds. The minimum Gasteiger partial charge on any atom is -0.394 e. The van der Waals surface area contributed by atoms with E-state index in [9.17, 15) is 14.7 Å². The van der Waals surface area contributed by atoms with Crippen LogP contribution in [0.4, 0.5) is 16.2 Å². The summed E-state index contributed by atoms with van der Waals surface area (Å²) in [6, 6.07) is 13.7. The van der Waals surface area contributed by atoms with Gasteiger partial charge in [0, 0.05) is 29.3 Å². The number of aromatic amines is 1. The van der Waals surface area contributed by atoms with Gasteiger partial charge in [0.1, 0.15) is 11.9 Å². The van der Waals surface area contributed by atoms with Gasteiger partial charge < -0.3 is 26.0 Å². The Labute approximate surface area is 166 Å². The first-order chi connectivity index (χ1) is 14.1. The van der Waals surface area contributed by atoms with Gasteiger partial charge in [-0.2, -0.15) is 5.26 Å². The number of H-pyrrole nitrogens is 1. The van der Waals surface area contributed by atoms with Crippen LogP contribution in [0.3, 0.4) is 0 Å². The van der Waals surface area contributed by atoms with Crippen LogP contribution in [0.5, 0.6) is 0 Å².